The summed E-state index contributed by atoms with van der Waals surface area (Å²) in [6, 6.07) is 1.37. The lowest BCUT2D eigenvalue weighted by Crippen LogP contribution is -2.53. The molecule has 0 N–H and O–H groups in total. The van der Waals surface area contributed by atoms with Crippen LogP contribution < -0.4 is 0 Å². The van der Waals surface area contributed by atoms with Gasteiger partial charge in [0, 0.05) is 0 Å². The van der Waals surface area contributed by atoms with Crippen molar-refractivity contribution >= 4 is 0 Å². The Bertz CT molecular complexity index is 282. The first-order valence-electron chi connectivity index (χ1n) is 3.20. The molecule has 0 saturated carbocycles. The molecule has 0 heterocycles. The topological polar surface area (TPSA) is 153 Å². The summed E-state index contributed by atoms with van der Waals surface area (Å²) >= 11 is 0. The first-order chi connectivity index (χ1) is 6.39. The first-order valence-corrected chi connectivity index (χ1v) is 3.20. The van der Waals surface area contributed by atoms with Crippen LogP contribution in [0.3, 0.4) is 0 Å². The second-order valence-electron chi connectivity index (χ2n) is 2.20. The van der Waals surface area contributed by atoms with Crippen LogP contribution in [0, 0.1) is 41.7 Å². The van der Waals surface area contributed by atoms with Crippen molar-refractivity contribution in [2.75, 3.05) is 0 Å². The van der Waals surface area contributed by atoms with Crippen LogP contribution in [-0.4, -0.2) is 20.6 Å². The molecule has 0 aromatic rings. The summed E-state index contributed by atoms with van der Waals surface area (Å²) in [4.78, 5) is 25.8. The van der Waals surface area contributed by atoms with E-state index in [0.717, 1.165) is 0 Å². The van der Waals surface area contributed by atoms with Gasteiger partial charge in [-0.15, -0.1) is 0 Å². The number of hydrogen-bond donors (Lipinski definition) is 0. The van der Waals surface area contributed by atoms with Crippen LogP contribution >= 0.6 is 0 Å². The average Bonchev–Trinajstić information content (AvgIpc) is 2.03. The van der Waals surface area contributed by atoms with Crippen molar-refractivity contribution in [1.29, 1.82) is 5.26 Å². The van der Waals surface area contributed by atoms with E-state index in [1.807, 2.05) is 0 Å². The molecule has 14 heavy (non-hydrogen) atoms. The monoisotopic (exact) mass is 204 g/mol. The van der Waals surface area contributed by atoms with Gasteiger partial charge in [-0.1, -0.05) is 0 Å². The van der Waals surface area contributed by atoms with Gasteiger partial charge in [-0.2, -0.15) is 5.26 Å². The summed E-state index contributed by atoms with van der Waals surface area (Å²) in [6.07, 6.45) is -1.69. The quantitative estimate of drug-likeness (QED) is 0.340. The lowest BCUT2D eigenvalue weighted by atomic mass is 10.2. The molecule has 0 bridgehead atoms. The molecule has 0 atom stereocenters. The third-order valence-electron chi connectivity index (χ3n) is 1.45. The highest BCUT2D eigenvalue weighted by Crippen LogP contribution is 2.18. The fraction of sp³-hybridized carbons (Fsp3) is 0.750. The minimum Gasteiger partial charge on any atom is -0.253 e. The predicted octanol–water partition coefficient (Wildman–Crippen LogP) is -0.226. The van der Waals surface area contributed by atoms with Crippen molar-refractivity contribution in [2.45, 2.75) is 18.6 Å². The van der Waals surface area contributed by atoms with E-state index in [4.69, 9.17) is 5.26 Å². The van der Waals surface area contributed by atoms with Crippen LogP contribution in [0.1, 0.15) is 12.8 Å². The molecule has 10 nitrogen and oxygen atoms in total. The molecular formula is C4H4N4O6. The summed E-state index contributed by atoms with van der Waals surface area (Å²) < 4.78 is 0. The Kier molecular flexibility index (Phi) is 3.40. The molecule has 10 heteroatoms. The number of nitrogens with zero attached hydrogens (tertiary/aromatic N) is 4. The Morgan fingerprint density at radius 2 is 1.43 bits per heavy atom. The molecule has 0 amide bonds. The van der Waals surface area contributed by atoms with Crippen molar-refractivity contribution in [3.8, 4) is 6.07 Å². The van der Waals surface area contributed by atoms with Gasteiger partial charge < -0.3 is 0 Å². The Hall–Kier alpha value is -2.31. The SMILES string of the molecule is N#CCCC([N+](=O)[O-])([N+](=O)[O-])[N+](=O)[O-]. The number of rotatable bonds is 5. The zero-order chi connectivity index (χ0) is 11.4. The normalized spacial score (nSPS) is 10.2. The molecule has 0 radical (unpaired) electrons. The molecule has 0 rings (SSSR count). The Morgan fingerprint density at radius 1 is 1.07 bits per heavy atom. The van der Waals surface area contributed by atoms with Gasteiger partial charge in [-0.05, 0) is 0 Å². The van der Waals surface area contributed by atoms with E-state index in [0.29, 0.717) is 0 Å². The van der Waals surface area contributed by atoms with E-state index in [-0.39, 0.29) is 0 Å². The Balaban J connectivity index is 5.19. The molecule has 0 fully saturated rings. The summed E-state index contributed by atoms with van der Waals surface area (Å²) in [5, 5.41) is 38.7. The third kappa shape index (κ3) is 1.71. The average molecular weight is 204 g/mol. The Labute approximate surface area is 76.2 Å². The molecular weight excluding hydrogens is 200 g/mol. The van der Waals surface area contributed by atoms with Crippen molar-refractivity contribution in [3.63, 3.8) is 0 Å². The first kappa shape index (κ1) is 11.7. The molecule has 0 aliphatic carbocycles. The number of nitriles is 1. The van der Waals surface area contributed by atoms with Gasteiger partial charge in [-0.25, -0.2) is 0 Å². The largest absolute Gasteiger partial charge is 0.700 e. The molecule has 76 valence electrons. The van der Waals surface area contributed by atoms with Gasteiger partial charge in [0.1, 0.15) is 0 Å². The molecule has 0 spiro atoms. The highest BCUT2D eigenvalue weighted by Gasteiger charge is 2.69. The van der Waals surface area contributed by atoms with Crippen LogP contribution in [0.2, 0.25) is 0 Å². The molecule has 0 aromatic carbocycles. The van der Waals surface area contributed by atoms with E-state index in [1.165, 1.54) is 6.07 Å². The zero-order valence-electron chi connectivity index (χ0n) is 6.65. The van der Waals surface area contributed by atoms with Gasteiger partial charge in [-0.3, -0.25) is 30.3 Å². The van der Waals surface area contributed by atoms with Gasteiger partial charge in [0.25, 0.3) is 0 Å². The van der Waals surface area contributed by atoms with Crippen LogP contribution in [0.25, 0.3) is 0 Å². The lowest BCUT2D eigenvalue weighted by Gasteiger charge is -2.06. The molecule has 0 aromatic heterocycles. The fourth-order valence-corrected chi connectivity index (χ4v) is 0.697. The van der Waals surface area contributed by atoms with Gasteiger partial charge >= 0.3 is 5.79 Å². The fourth-order valence-electron chi connectivity index (χ4n) is 0.697. The molecule has 0 unspecified atom stereocenters. The van der Waals surface area contributed by atoms with Gasteiger partial charge in [0.05, 0.1) is 12.5 Å². The second-order valence-corrected chi connectivity index (χ2v) is 2.20. The van der Waals surface area contributed by atoms with E-state index >= 15 is 0 Å². The van der Waals surface area contributed by atoms with Crippen LogP contribution in [0.15, 0.2) is 0 Å². The summed E-state index contributed by atoms with van der Waals surface area (Å²) in [7, 11) is 0. The lowest BCUT2D eigenvalue weighted by molar-refractivity contribution is -0.970. The van der Waals surface area contributed by atoms with Crippen LogP contribution in [0.4, 0.5) is 0 Å². The van der Waals surface area contributed by atoms with Gasteiger partial charge in [0.2, 0.25) is 0 Å². The highest BCUT2D eigenvalue weighted by atomic mass is 16.7. The van der Waals surface area contributed by atoms with Crippen molar-refractivity contribution in [3.05, 3.63) is 30.3 Å². The minimum absolute atomic E-state index is 0.636. The van der Waals surface area contributed by atoms with E-state index in [9.17, 15) is 30.3 Å². The third-order valence-corrected chi connectivity index (χ3v) is 1.45. The standard InChI is InChI=1S/C4H4N4O6/c5-3-1-2-4(6(9)10,7(11)12)8(13)14/h1-2H2. The second kappa shape index (κ2) is 4.08. The predicted molar refractivity (Wildman–Crippen MR) is 38.6 cm³/mol. The maximum Gasteiger partial charge on any atom is 0.700 e. The highest BCUT2D eigenvalue weighted by molar-refractivity contribution is 4.71. The van der Waals surface area contributed by atoms with Crippen molar-refractivity contribution in [2.24, 2.45) is 0 Å². The minimum atomic E-state index is -3.50. The smallest absolute Gasteiger partial charge is 0.253 e. The van der Waals surface area contributed by atoms with Crippen molar-refractivity contribution < 1.29 is 14.8 Å². The maximum atomic E-state index is 10.2. The van der Waals surface area contributed by atoms with E-state index in [1.54, 1.807) is 0 Å². The summed E-state index contributed by atoms with van der Waals surface area (Å²) in [5.74, 6) is -3.50. The zero-order valence-corrected chi connectivity index (χ0v) is 6.65. The van der Waals surface area contributed by atoms with E-state index in [2.05, 4.69) is 0 Å². The van der Waals surface area contributed by atoms with E-state index < -0.39 is 33.4 Å². The Morgan fingerprint density at radius 3 is 1.64 bits per heavy atom. The summed E-state index contributed by atoms with van der Waals surface area (Å²) in [5.41, 5.74) is 0. The number of nitro groups is 3. The molecule has 0 aliphatic rings. The van der Waals surface area contributed by atoms with Crippen molar-refractivity contribution in [1.82, 2.24) is 0 Å². The maximum absolute atomic E-state index is 10.2. The molecule has 0 saturated heterocycles. The number of hydrogen-bond acceptors (Lipinski definition) is 7. The molecule has 0 aliphatic heterocycles. The van der Waals surface area contributed by atoms with Crippen LogP contribution in [0.5, 0.6) is 0 Å². The van der Waals surface area contributed by atoms with Crippen LogP contribution in [-0.2, 0) is 0 Å². The summed E-state index contributed by atoms with van der Waals surface area (Å²) in [6.45, 7) is 0. The van der Waals surface area contributed by atoms with Gasteiger partial charge in [0.15, 0.2) is 21.2 Å².